The Morgan fingerprint density at radius 3 is 2.52 bits per heavy atom. The Labute approximate surface area is 173 Å². The molecule has 0 aliphatic carbocycles. The van der Waals surface area contributed by atoms with Crippen molar-refractivity contribution in [2.45, 2.75) is 47.0 Å². The fourth-order valence-electron chi connectivity index (χ4n) is 2.96. The van der Waals surface area contributed by atoms with Crippen LogP contribution >= 0.6 is 0 Å². The Balaban J connectivity index is 0.00000204. The molecule has 0 amide bonds. The number of Topliss-reactive ketones (excluding diaryl/α,β-unsaturated/α-hetero) is 1. The standard InChI is InChI=1S/C23H27FN2O.CH4O/c1-6-7-11-22(24)19(5)26-15-21(14-17(3)27)23(25-26)13-12-20-10-8-9-16(2)18(20)4;1-2/h6-11,15H,1,12-14H2,2-5H3;2H,1H3/b11-7-,22-19-;. The molecule has 29 heavy (non-hydrogen) atoms. The number of aromatic nitrogens is 2. The van der Waals surface area contributed by atoms with Crippen molar-refractivity contribution in [1.29, 1.82) is 0 Å². The molecule has 0 atom stereocenters. The van der Waals surface area contributed by atoms with E-state index in [1.165, 1.54) is 33.5 Å². The van der Waals surface area contributed by atoms with E-state index in [0.717, 1.165) is 24.8 Å². The van der Waals surface area contributed by atoms with E-state index >= 15 is 0 Å². The molecular weight excluding hydrogens is 367 g/mol. The molecule has 1 aromatic heterocycles. The van der Waals surface area contributed by atoms with Crippen molar-refractivity contribution in [3.05, 3.63) is 83.0 Å². The van der Waals surface area contributed by atoms with Gasteiger partial charge in [-0.05, 0) is 63.3 Å². The highest BCUT2D eigenvalue weighted by Crippen LogP contribution is 2.20. The van der Waals surface area contributed by atoms with E-state index in [9.17, 15) is 9.18 Å². The number of hydrogen-bond donors (Lipinski definition) is 1. The highest BCUT2D eigenvalue weighted by Gasteiger charge is 2.14. The molecule has 1 aromatic carbocycles. The van der Waals surface area contributed by atoms with E-state index in [0.29, 0.717) is 18.5 Å². The summed E-state index contributed by atoms with van der Waals surface area (Å²) in [6.07, 6.45) is 8.02. The van der Waals surface area contributed by atoms with Crippen molar-refractivity contribution in [1.82, 2.24) is 9.78 Å². The van der Waals surface area contributed by atoms with Crippen LogP contribution in [0, 0.1) is 13.8 Å². The Bertz CT molecular complexity index is 908. The van der Waals surface area contributed by atoms with Gasteiger partial charge in [0.15, 0.2) is 0 Å². The molecule has 5 heteroatoms. The average molecular weight is 399 g/mol. The minimum absolute atomic E-state index is 0.0659. The molecule has 2 aromatic rings. The zero-order valence-corrected chi connectivity index (χ0v) is 18.0. The maximum atomic E-state index is 14.2. The average Bonchev–Trinajstić information content (AvgIpc) is 3.10. The Morgan fingerprint density at radius 2 is 1.90 bits per heavy atom. The Morgan fingerprint density at radius 1 is 1.21 bits per heavy atom. The molecule has 1 N–H and O–H groups in total. The SMILES string of the molecule is C=C/C=C\C(F)=C(/C)n1cc(CC(C)=O)c(CCc2cccc(C)c2C)n1.CO. The number of halogens is 1. The molecule has 0 spiro atoms. The van der Waals surface area contributed by atoms with Crippen molar-refractivity contribution in [3.63, 3.8) is 0 Å². The first-order valence-electron chi connectivity index (χ1n) is 9.56. The summed E-state index contributed by atoms with van der Waals surface area (Å²) in [4.78, 5) is 11.6. The highest BCUT2D eigenvalue weighted by molar-refractivity contribution is 5.78. The molecule has 0 aliphatic heterocycles. The lowest BCUT2D eigenvalue weighted by atomic mass is 9.98. The van der Waals surface area contributed by atoms with Gasteiger partial charge >= 0.3 is 0 Å². The third-order valence-corrected chi connectivity index (χ3v) is 4.73. The zero-order valence-electron chi connectivity index (χ0n) is 18.0. The Hall–Kier alpha value is -2.79. The first kappa shape index (κ1) is 24.2. The summed E-state index contributed by atoms with van der Waals surface area (Å²) in [6, 6.07) is 6.28. The molecule has 0 radical (unpaired) electrons. The normalized spacial score (nSPS) is 11.7. The van der Waals surface area contributed by atoms with E-state index in [2.05, 4.69) is 43.7 Å². The number of aryl methyl sites for hydroxylation is 3. The van der Waals surface area contributed by atoms with Gasteiger partial charge in [0.2, 0.25) is 0 Å². The lowest BCUT2D eigenvalue weighted by Gasteiger charge is -2.08. The number of carbonyl (C=O) groups excluding carboxylic acids is 1. The molecule has 156 valence electrons. The van der Waals surface area contributed by atoms with Crippen LogP contribution in [0.1, 0.15) is 41.8 Å². The monoisotopic (exact) mass is 398 g/mol. The second-order valence-corrected chi connectivity index (χ2v) is 6.81. The van der Waals surface area contributed by atoms with E-state index in [1.807, 2.05) is 0 Å². The van der Waals surface area contributed by atoms with Crippen LogP contribution in [0.3, 0.4) is 0 Å². The van der Waals surface area contributed by atoms with Crippen molar-refractivity contribution in [3.8, 4) is 0 Å². The molecule has 0 fully saturated rings. The van der Waals surface area contributed by atoms with Crippen molar-refractivity contribution in [2.24, 2.45) is 0 Å². The molecule has 0 saturated heterocycles. The van der Waals surface area contributed by atoms with Gasteiger partial charge in [0, 0.05) is 25.3 Å². The second-order valence-electron chi connectivity index (χ2n) is 6.81. The maximum Gasteiger partial charge on any atom is 0.144 e. The number of hydrogen-bond acceptors (Lipinski definition) is 3. The molecule has 0 unspecified atom stereocenters. The van der Waals surface area contributed by atoms with Gasteiger partial charge in [-0.15, -0.1) is 0 Å². The maximum absolute atomic E-state index is 14.2. The topological polar surface area (TPSA) is 55.1 Å². The zero-order chi connectivity index (χ0) is 22.0. The molecule has 4 nitrogen and oxygen atoms in total. The van der Waals surface area contributed by atoms with Crippen LogP contribution in [-0.4, -0.2) is 27.8 Å². The van der Waals surface area contributed by atoms with Crippen LogP contribution in [0.15, 0.2) is 55.0 Å². The minimum atomic E-state index is -0.382. The Kier molecular flexibility index (Phi) is 9.97. The number of aliphatic hydroxyl groups is 1. The van der Waals surface area contributed by atoms with Crippen molar-refractivity contribution in [2.75, 3.05) is 7.11 Å². The second kappa shape index (κ2) is 11.9. The third-order valence-electron chi connectivity index (χ3n) is 4.73. The summed E-state index contributed by atoms with van der Waals surface area (Å²) in [5.74, 6) is -0.316. The van der Waals surface area contributed by atoms with Gasteiger partial charge in [0.1, 0.15) is 11.6 Å². The van der Waals surface area contributed by atoms with Gasteiger partial charge < -0.3 is 5.11 Å². The number of carbonyl (C=O) groups is 1. The molecule has 0 bridgehead atoms. The number of rotatable bonds is 8. The van der Waals surface area contributed by atoms with Crippen LogP contribution in [-0.2, 0) is 24.1 Å². The number of ketones is 1. The molecule has 1 heterocycles. The van der Waals surface area contributed by atoms with Crippen LogP contribution in [0.5, 0.6) is 0 Å². The molecule has 0 saturated carbocycles. The minimum Gasteiger partial charge on any atom is -0.400 e. The summed E-state index contributed by atoms with van der Waals surface area (Å²) < 4.78 is 15.8. The number of benzene rings is 1. The quantitative estimate of drug-likeness (QED) is 0.642. The van der Waals surface area contributed by atoms with Crippen molar-refractivity contribution < 1.29 is 14.3 Å². The van der Waals surface area contributed by atoms with E-state index < -0.39 is 0 Å². The first-order chi connectivity index (χ1) is 13.8. The van der Waals surface area contributed by atoms with Crippen molar-refractivity contribution >= 4 is 11.5 Å². The van der Waals surface area contributed by atoms with E-state index in [-0.39, 0.29) is 11.6 Å². The summed E-state index contributed by atoms with van der Waals surface area (Å²) in [7, 11) is 1.00. The molecular formula is C24H31FN2O2. The fraction of sp³-hybridized carbons (Fsp3) is 0.333. The number of aliphatic hydroxyl groups excluding tert-OH is 1. The predicted octanol–water partition coefficient (Wildman–Crippen LogP) is 4.93. The van der Waals surface area contributed by atoms with Crippen LogP contribution in [0.4, 0.5) is 4.39 Å². The van der Waals surface area contributed by atoms with Crippen LogP contribution in [0.2, 0.25) is 0 Å². The van der Waals surface area contributed by atoms with Gasteiger partial charge in [-0.25, -0.2) is 9.07 Å². The van der Waals surface area contributed by atoms with Crippen LogP contribution < -0.4 is 0 Å². The number of allylic oxidation sites excluding steroid dienone is 5. The van der Waals surface area contributed by atoms with Gasteiger partial charge in [-0.1, -0.05) is 36.9 Å². The summed E-state index contributed by atoms with van der Waals surface area (Å²) >= 11 is 0. The lowest BCUT2D eigenvalue weighted by Crippen LogP contribution is -2.02. The summed E-state index contributed by atoms with van der Waals surface area (Å²) in [6.45, 7) is 11.0. The predicted molar refractivity (Wildman–Crippen MR) is 117 cm³/mol. The smallest absolute Gasteiger partial charge is 0.144 e. The number of nitrogens with zero attached hydrogens (tertiary/aromatic N) is 2. The molecule has 2 rings (SSSR count). The third kappa shape index (κ3) is 6.95. The summed E-state index contributed by atoms with van der Waals surface area (Å²) in [5.41, 5.74) is 5.89. The largest absolute Gasteiger partial charge is 0.400 e. The molecule has 0 aliphatic rings. The van der Waals surface area contributed by atoms with Gasteiger partial charge in [0.05, 0.1) is 11.4 Å². The highest BCUT2D eigenvalue weighted by atomic mass is 19.1. The van der Waals surface area contributed by atoms with Gasteiger partial charge in [0.25, 0.3) is 0 Å². The first-order valence-corrected chi connectivity index (χ1v) is 9.56. The van der Waals surface area contributed by atoms with Gasteiger partial charge in [-0.3, -0.25) is 4.79 Å². The van der Waals surface area contributed by atoms with Gasteiger partial charge in [-0.2, -0.15) is 5.10 Å². The van der Waals surface area contributed by atoms with Crippen LogP contribution in [0.25, 0.3) is 5.70 Å². The lowest BCUT2D eigenvalue weighted by molar-refractivity contribution is -0.116. The van der Waals surface area contributed by atoms with E-state index in [1.54, 1.807) is 26.1 Å². The van der Waals surface area contributed by atoms with E-state index in [4.69, 9.17) is 5.11 Å². The summed E-state index contributed by atoms with van der Waals surface area (Å²) in [5, 5.41) is 11.6. The fourth-order valence-corrected chi connectivity index (χ4v) is 2.96.